The van der Waals surface area contributed by atoms with E-state index in [4.69, 9.17) is 0 Å². The molecule has 2 rings (SSSR count). The van der Waals surface area contributed by atoms with E-state index in [9.17, 15) is 5.11 Å². The molecule has 0 saturated heterocycles. The van der Waals surface area contributed by atoms with Crippen molar-refractivity contribution in [2.45, 2.75) is 31.6 Å². The molecule has 0 unspecified atom stereocenters. The van der Waals surface area contributed by atoms with Gasteiger partial charge in [-0.15, -0.1) is 0 Å². The number of hydrogen-bond acceptors (Lipinski definition) is 1. The first kappa shape index (κ1) is 7.66. The third-order valence-corrected chi connectivity index (χ3v) is 2.67. The molecule has 1 aliphatic rings. The van der Waals surface area contributed by atoms with Crippen LogP contribution < -0.4 is 0 Å². The summed E-state index contributed by atoms with van der Waals surface area (Å²) >= 11 is 0. The molecule has 0 amide bonds. The molecule has 12 heavy (non-hydrogen) atoms. The van der Waals surface area contributed by atoms with Crippen LogP contribution in [-0.2, 0) is 0 Å². The number of phenolic OH excluding ortho intramolecular Hbond substituents is 1. The minimum Gasteiger partial charge on any atom is -0.508 e. The Morgan fingerprint density at radius 1 is 1.33 bits per heavy atom. The molecular weight excluding hydrogens is 148 g/mol. The van der Waals surface area contributed by atoms with E-state index in [-0.39, 0.29) is 0 Å². The smallest absolute Gasteiger partial charge is 0.119 e. The molecule has 0 atom stereocenters. The molecule has 1 saturated carbocycles. The van der Waals surface area contributed by atoms with E-state index in [2.05, 4.69) is 6.07 Å². The molecule has 0 aliphatic heterocycles. The van der Waals surface area contributed by atoms with Crippen LogP contribution >= 0.6 is 0 Å². The SMILES string of the molecule is Oc1cc[c]cc1C1CCCC1. The average molecular weight is 161 g/mol. The van der Waals surface area contributed by atoms with Gasteiger partial charge in [0.1, 0.15) is 5.75 Å². The van der Waals surface area contributed by atoms with Gasteiger partial charge in [-0.3, -0.25) is 0 Å². The summed E-state index contributed by atoms with van der Waals surface area (Å²) in [7, 11) is 0. The van der Waals surface area contributed by atoms with Gasteiger partial charge in [-0.05, 0) is 42.5 Å². The number of aromatic hydroxyl groups is 1. The maximum atomic E-state index is 9.55. The summed E-state index contributed by atoms with van der Waals surface area (Å²) < 4.78 is 0. The van der Waals surface area contributed by atoms with Gasteiger partial charge < -0.3 is 5.11 Å². The molecule has 0 aromatic heterocycles. The van der Waals surface area contributed by atoms with E-state index in [1.165, 1.54) is 25.7 Å². The van der Waals surface area contributed by atoms with Crippen molar-refractivity contribution in [1.29, 1.82) is 0 Å². The zero-order valence-electron chi connectivity index (χ0n) is 7.09. The van der Waals surface area contributed by atoms with Crippen molar-refractivity contribution in [2.24, 2.45) is 0 Å². The van der Waals surface area contributed by atoms with Gasteiger partial charge in [-0.25, -0.2) is 0 Å². The molecule has 1 nitrogen and oxygen atoms in total. The molecule has 1 aromatic rings. The summed E-state index contributed by atoms with van der Waals surface area (Å²) in [4.78, 5) is 0. The van der Waals surface area contributed by atoms with Crippen molar-refractivity contribution >= 4 is 0 Å². The lowest BCUT2D eigenvalue weighted by molar-refractivity contribution is 0.461. The van der Waals surface area contributed by atoms with Crippen molar-refractivity contribution in [3.63, 3.8) is 0 Å². The quantitative estimate of drug-likeness (QED) is 0.671. The Morgan fingerprint density at radius 2 is 2.08 bits per heavy atom. The molecule has 1 radical (unpaired) electrons. The highest BCUT2D eigenvalue weighted by Crippen LogP contribution is 2.37. The van der Waals surface area contributed by atoms with Crippen LogP contribution in [0.3, 0.4) is 0 Å². The fraction of sp³-hybridized carbons (Fsp3) is 0.455. The maximum Gasteiger partial charge on any atom is 0.119 e. The second-order valence-electron chi connectivity index (χ2n) is 3.47. The van der Waals surface area contributed by atoms with Gasteiger partial charge in [-0.2, -0.15) is 0 Å². The summed E-state index contributed by atoms with van der Waals surface area (Å²) in [5, 5.41) is 9.55. The molecule has 0 spiro atoms. The van der Waals surface area contributed by atoms with Crippen molar-refractivity contribution in [1.82, 2.24) is 0 Å². The van der Waals surface area contributed by atoms with Gasteiger partial charge in [0.05, 0.1) is 0 Å². The summed E-state index contributed by atoms with van der Waals surface area (Å²) in [5.41, 5.74) is 1.09. The molecule has 1 heteroatoms. The van der Waals surface area contributed by atoms with Crippen molar-refractivity contribution < 1.29 is 5.11 Å². The van der Waals surface area contributed by atoms with Crippen LogP contribution in [0.1, 0.15) is 37.2 Å². The van der Waals surface area contributed by atoms with Crippen LogP contribution in [0, 0.1) is 6.07 Å². The Bertz CT molecular complexity index is 261. The van der Waals surface area contributed by atoms with E-state index in [0.29, 0.717) is 11.7 Å². The Labute approximate surface area is 73.0 Å². The van der Waals surface area contributed by atoms with Gasteiger partial charge in [0.15, 0.2) is 0 Å². The Kier molecular flexibility index (Phi) is 2.03. The molecule has 1 aromatic carbocycles. The monoisotopic (exact) mass is 161 g/mol. The normalized spacial score (nSPS) is 18.3. The molecular formula is C11H13O. The lowest BCUT2D eigenvalue weighted by Crippen LogP contribution is -1.91. The summed E-state index contributed by atoms with van der Waals surface area (Å²) in [6, 6.07) is 8.43. The summed E-state index contributed by atoms with van der Waals surface area (Å²) in [5.74, 6) is 1.03. The zero-order chi connectivity index (χ0) is 8.39. The third kappa shape index (κ3) is 1.31. The van der Waals surface area contributed by atoms with Crippen LogP contribution in [0.15, 0.2) is 18.2 Å². The molecule has 0 heterocycles. The highest BCUT2D eigenvalue weighted by atomic mass is 16.3. The van der Waals surface area contributed by atoms with Gasteiger partial charge in [0.25, 0.3) is 0 Å². The Morgan fingerprint density at radius 3 is 2.75 bits per heavy atom. The lowest BCUT2D eigenvalue weighted by atomic mass is 9.97. The first-order valence-electron chi connectivity index (χ1n) is 4.57. The minimum atomic E-state index is 0.445. The molecule has 63 valence electrons. The van der Waals surface area contributed by atoms with Crippen molar-refractivity contribution in [3.8, 4) is 5.75 Å². The molecule has 1 N–H and O–H groups in total. The van der Waals surface area contributed by atoms with Gasteiger partial charge >= 0.3 is 0 Å². The van der Waals surface area contributed by atoms with Gasteiger partial charge in [-0.1, -0.05) is 18.9 Å². The van der Waals surface area contributed by atoms with Crippen molar-refractivity contribution in [2.75, 3.05) is 0 Å². The van der Waals surface area contributed by atoms with Gasteiger partial charge in [0.2, 0.25) is 0 Å². The topological polar surface area (TPSA) is 20.2 Å². The van der Waals surface area contributed by atoms with Crippen LogP contribution in [0.25, 0.3) is 0 Å². The van der Waals surface area contributed by atoms with E-state index >= 15 is 0 Å². The van der Waals surface area contributed by atoms with Crippen LogP contribution in [-0.4, -0.2) is 5.11 Å². The van der Waals surface area contributed by atoms with E-state index in [1.807, 2.05) is 6.07 Å². The molecule has 1 fully saturated rings. The first-order valence-corrected chi connectivity index (χ1v) is 4.57. The number of phenols is 1. The van der Waals surface area contributed by atoms with Crippen molar-refractivity contribution in [3.05, 3.63) is 29.8 Å². The van der Waals surface area contributed by atoms with Crippen LogP contribution in [0.4, 0.5) is 0 Å². The van der Waals surface area contributed by atoms with E-state index < -0.39 is 0 Å². The highest BCUT2D eigenvalue weighted by molar-refractivity contribution is 5.34. The first-order chi connectivity index (χ1) is 5.88. The minimum absolute atomic E-state index is 0.445. The predicted octanol–water partition coefficient (Wildman–Crippen LogP) is 2.85. The molecule has 1 aliphatic carbocycles. The Hall–Kier alpha value is -0.980. The van der Waals surface area contributed by atoms with Crippen LogP contribution in [0.2, 0.25) is 0 Å². The number of hydrogen-bond donors (Lipinski definition) is 1. The van der Waals surface area contributed by atoms with E-state index in [0.717, 1.165) is 5.56 Å². The lowest BCUT2D eigenvalue weighted by Gasteiger charge is -2.10. The van der Waals surface area contributed by atoms with E-state index in [1.54, 1.807) is 12.1 Å². The Balaban J connectivity index is 2.26. The summed E-state index contributed by atoms with van der Waals surface area (Å²) in [6.07, 6.45) is 5.06. The standard InChI is InChI=1S/C11H13O/c12-11-8-4-3-7-10(11)9-5-1-2-6-9/h4,7-9,12H,1-2,5-6H2. The second-order valence-corrected chi connectivity index (χ2v) is 3.47. The fourth-order valence-electron chi connectivity index (χ4n) is 2.00. The second kappa shape index (κ2) is 3.18. The average Bonchev–Trinajstić information content (AvgIpc) is 2.57. The third-order valence-electron chi connectivity index (χ3n) is 2.67. The van der Waals surface area contributed by atoms with Crippen LogP contribution in [0.5, 0.6) is 5.75 Å². The number of rotatable bonds is 1. The maximum absolute atomic E-state index is 9.55. The fourth-order valence-corrected chi connectivity index (χ4v) is 2.00. The highest BCUT2D eigenvalue weighted by Gasteiger charge is 2.18. The van der Waals surface area contributed by atoms with Gasteiger partial charge in [0, 0.05) is 0 Å². The summed E-state index contributed by atoms with van der Waals surface area (Å²) in [6.45, 7) is 0. The predicted molar refractivity (Wildman–Crippen MR) is 48.2 cm³/mol. The zero-order valence-corrected chi connectivity index (χ0v) is 7.09. The molecule has 0 bridgehead atoms. The number of benzene rings is 1. The largest absolute Gasteiger partial charge is 0.508 e.